The minimum atomic E-state index is -0.156. The summed E-state index contributed by atoms with van der Waals surface area (Å²) in [6, 6.07) is 19.8. The molecule has 0 unspecified atom stereocenters. The highest BCUT2D eigenvalue weighted by Crippen LogP contribution is 2.26. The van der Waals surface area contributed by atoms with Crippen molar-refractivity contribution in [3.8, 4) is 5.75 Å². The van der Waals surface area contributed by atoms with Crippen LogP contribution in [0, 0.1) is 13.8 Å². The van der Waals surface area contributed by atoms with E-state index >= 15 is 0 Å². The molecule has 1 amide bonds. The Morgan fingerprint density at radius 1 is 1.04 bits per heavy atom. The normalized spacial score (nSPS) is 11.8. The van der Waals surface area contributed by atoms with Crippen LogP contribution < -0.4 is 10.1 Å². The molecule has 4 heteroatoms. The molecule has 128 valence electrons. The van der Waals surface area contributed by atoms with Gasteiger partial charge in [0.15, 0.2) is 6.61 Å². The van der Waals surface area contributed by atoms with Crippen molar-refractivity contribution < 1.29 is 9.53 Å². The molecule has 3 aromatic rings. The SMILES string of the molecule is Cc1cc(C)cc(OCC(=O)N[C@H](c2ccccc2)c2cccs2)c1. The summed E-state index contributed by atoms with van der Waals surface area (Å²) in [5.74, 6) is 0.585. The first-order valence-corrected chi connectivity index (χ1v) is 9.08. The van der Waals surface area contributed by atoms with Crippen molar-refractivity contribution in [1.29, 1.82) is 0 Å². The molecule has 0 fully saturated rings. The topological polar surface area (TPSA) is 38.3 Å². The lowest BCUT2D eigenvalue weighted by atomic mass is 10.1. The third-order valence-corrected chi connectivity index (χ3v) is 4.77. The van der Waals surface area contributed by atoms with Crippen LogP contribution in [0.4, 0.5) is 0 Å². The molecule has 0 radical (unpaired) electrons. The van der Waals surface area contributed by atoms with E-state index in [0.29, 0.717) is 0 Å². The molecule has 1 atom stereocenters. The van der Waals surface area contributed by atoms with E-state index in [1.165, 1.54) is 0 Å². The van der Waals surface area contributed by atoms with E-state index < -0.39 is 0 Å². The highest BCUT2D eigenvalue weighted by atomic mass is 32.1. The zero-order valence-corrected chi connectivity index (χ0v) is 15.2. The van der Waals surface area contributed by atoms with Crippen LogP contribution in [0.15, 0.2) is 66.0 Å². The molecule has 3 rings (SSSR count). The predicted molar refractivity (Wildman–Crippen MR) is 102 cm³/mol. The Morgan fingerprint density at radius 2 is 1.76 bits per heavy atom. The third-order valence-electron chi connectivity index (χ3n) is 3.83. The number of hydrogen-bond acceptors (Lipinski definition) is 3. The number of benzene rings is 2. The van der Waals surface area contributed by atoms with Gasteiger partial charge < -0.3 is 10.1 Å². The summed E-state index contributed by atoms with van der Waals surface area (Å²) in [4.78, 5) is 13.5. The summed E-state index contributed by atoms with van der Waals surface area (Å²) in [6.07, 6.45) is 0. The summed E-state index contributed by atoms with van der Waals surface area (Å²) in [5.41, 5.74) is 3.30. The Labute approximate surface area is 152 Å². The lowest BCUT2D eigenvalue weighted by molar-refractivity contribution is -0.123. The van der Waals surface area contributed by atoms with Crippen LogP contribution >= 0.6 is 11.3 Å². The number of rotatable bonds is 6. The van der Waals surface area contributed by atoms with Crippen molar-refractivity contribution in [3.05, 3.63) is 87.6 Å². The molecular formula is C21H21NO2S. The molecule has 1 N–H and O–H groups in total. The first-order chi connectivity index (χ1) is 12.1. The summed E-state index contributed by atoms with van der Waals surface area (Å²) in [6.45, 7) is 4.03. The Hall–Kier alpha value is -2.59. The van der Waals surface area contributed by atoms with Crippen molar-refractivity contribution in [2.75, 3.05) is 6.61 Å². The maximum Gasteiger partial charge on any atom is 0.258 e. The van der Waals surface area contributed by atoms with Crippen LogP contribution in [0.1, 0.15) is 27.6 Å². The van der Waals surface area contributed by atoms with Crippen molar-refractivity contribution in [2.24, 2.45) is 0 Å². The van der Waals surface area contributed by atoms with E-state index in [1.807, 2.05) is 73.8 Å². The molecule has 0 aliphatic heterocycles. The fraction of sp³-hybridized carbons (Fsp3) is 0.190. The number of ether oxygens (including phenoxy) is 1. The van der Waals surface area contributed by atoms with Crippen LogP contribution in [-0.2, 0) is 4.79 Å². The van der Waals surface area contributed by atoms with E-state index in [-0.39, 0.29) is 18.6 Å². The van der Waals surface area contributed by atoms with Gasteiger partial charge in [0.05, 0.1) is 6.04 Å². The molecule has 0 saturated carbocycles. The number of aryl methyl sites for hydroxylation is 2. The highest BCUT2D eigenvalue weighted by Gasteiger charge is 2.18. The smallest absolute Gasteiger partial charge is 0.258 e. The predicted octanol–water partition coefficient (Wildman–Crippen LogP) is 4.65. The van der Waals surface area contributed by atoms with Gasteiger partial charge >= 0.3 is 0 Å². The van der Waals surface area contributed by atoms with Gasteiger partial charge in [0.2, 0.25) is 0 Å². The molecule has 0 bridgehead atoms. The van der Waals surface area contributed by atoms with Crippen molar-refractivity contribution in [1.82, 2.24) is 5.32 Å². The first kappa shape index (κ1) is 17.2. The Kier molecular flexibility index (Phi) is 5.51. The van der Waals surface area contributed by atoms with Crippen LogP contribution in [0.3, 0.4) is 0 Å². The Balaban J connectivity index is 1.68. The monoisotopic (exact) mass is 351 g/mol. The van der Waals surface area contributed by atoms with Crippen LogP contribution in [0.2, 0.25) is 0 Å². The second-order valence-electron chi connectivity index (χ2n) is 6.04. The first-order valence-electron chi connectivity index (χ1n) is 8.20. The zero-order valence-electron chi connectivity index (χ0n) is 14.4. The lowest BCUT2D eigenvalue weighted by Crippen LogP contribution is -2.32. The molecule has 1 heterocycles. The molecule has 3 nitrogen and oxygen atoms in total. The maximum atomic E-state index is 12.4. The van der Waals surface area contributed by atoms with E-state index in [9.17, 15) is 4.79 Å². The Morgan fingerprint density at radius 3 is 2.40 bits per heavy atom. The third kappa shape index (κ3) is 4.70. The second-order valence-corrected chi connectivity index (χ2v) is 7.02. The average molecular weight is 351 g/mol. The second kappa shape index (κ2) is 7.99. The van der Waals surface area contributed by atoms with E-state index in [2.05, 4.69) is 11.4 Å². The zero-order chi connectivity index (χ0) is 17.6. The number of thiophene rings is 1. The molecular weight excluding hydrogens is 330 g/mol. The van der Waals surface area contributed by atoms with E-state index in [4.69, 9.17) is 4.74 Å². The van der Waals surface area contributed by atoms with Crippen molar-refractivity contribution >= 4 is 17.2 Å². The molecule has 0 aliphatic carbocycles. The largest absolute Gasteiger partial charge is 0.484 e. The van der Waals surface area contributed by atoms with Crippen LogP contribution in [-0.4, -0.2) is 12.5 Å². The van der Waals surface area contributed by atoms with Gasteiger partial charge in [-0.25, -0.2) is 0 Å². The van der Waals surface area contributed by atoms with Gasteiger partial charge in [0.25, 0.3) is 5.91 Å². The molecule has 25 heavy (non-hydrogen) atoms. The fourth-order valence-corrected chi connectivity index (χ4v) is 3.59. The van der Waals surface area contributed by atoms with Gasteiger partial charge in [-0.3, -0.25) is 4.79 Å². The van der Waals surface area contributed by atoms with Gasteiger partial charge in [-0.05, 0) is 54.1 Å². The number of nitrogens with one attached hydrogen (secondary N) is 1. The standard InChI is InChI=1S/C21H21NO2S/c1-15-11-16(2)13-18(12-15)24-14-20(23)22-21(19-9-6-10-25-19)17-7-4-3-5-8-17/h3-13,21H,14H2,1-2H3,(H,22,23)/t21-/m1/s1. The molecule has 0 aliphatic rings. The van der Waals surface area contributed by atoms with Gasteiger partial charge in [0, 0.05) is 4.88 Å². The minimum absolute atomic E-state index is 0.00238. The van der Waals surface area contributed by atoms with Crippen molar-refractivity contribution in [3.63, 3.8) is 0 Å². The van der Waals surface area contributed by atoms with Crippen LogP contribution in [0.25, 0.3) is 0 Å². The summed E-state index contributed by atoms with van der Waals surface area (Å²) >= 11 is 1.63. The quantitative estimate of drug-likeness (QED) is 0.702. The summed E-state index contributed by atoms with van der Waals surface area (Å²) in [5, 5.41) is 5.10. The van der Waals surface area contributed by atoms with Gasteiger partial charge in [-0.1, -0.05) is 42.5 Å². The number of hydrogen-bond donors (Lipinski definition) is 1. The fourth-order valence-electron chi connectivity index (χ4n) is 2.79. The summed E-state index contributed by atoms with van der Waals surface area (Å²) in [7, 11) is 0. The average Bonchev–Trinajstić information content (AvgIpc) is 3.12. The number of carbonyl (C=O) groups excluding carboxylic acids is 1. The molecule has 0 saturated heterocycles. The number of carbonyl (C=O) groups is 1. The molecule has 0 spiro atoms. The molecule has 1 aromatic heterocycles. The van der Waals surface area contributed by atoms with E-state index in [1.54, 1.807) is 11.3 Å². The molecule has 2 aromatic carbocycles. The minimum Gasteiger partial charge on any atom is -0.484 e. The van der Waals surface area contributed by atoms with Gasteiger partial charge in [0.1, 0.15) is 5.75 Å². The van der Waals surface area contributed by atoms with Gasteiger partial charge in [-0.2, -0.15) is 0 Å². The van der Waals surface area contributed by atoms with E-state index in [0.717, 1.165) is 27.3 Å². The summed E-state index contributed by atoms with van der Waals surface area (Å²) < 4.78 is 5.67. The number of amides is 1. The highest BCUT2D eigenvalue weighted by molar-refractivity contribution is 7.10. The van der Waals surface area contributed by atoms with Crippen LogP contribution in [0.5, 0.6) is 5.75 Å². The maximum absolute atomic E-state index is 12.4. The van der Waals surface area contributed by atoms with Crippen molar-refractivity contribution in [2.45, 2.75) is 19.9 Å². The lowest BCUT2D eigenvalue weighted by Gasteiger charge is -2.18. The van der Waals surface area contributed by atoms with Gasteiger partial charge in [-0.15, -0.1) is 11.3 Å². The Bertz CT molecular complexity index is 808.